The van der Waals surface area contributed by atoms with Crippen molar-refractivity contribution in [3.8, 4) is 5.75 Å². The third kappa shape index (κ3) is 5.21. The first-order chi connectivity index (χ1) is 14.7. The Hall–Kier alpha value is -3.39. The Morgan fingerprint density at radius 1 is 1.00 bits per heavy atom. The highest BCUT2D eigenvalue weighted by Crippen LogP contribution is 2.30. The number of aryl methyl sites for hydroxylation is 2. The number of amides is 1. The topological polar surface area (TPSA) is 84.5 Å². The number of anilines is 2. The lowest BCUT2D eigenvalue weighted by Gasteiger charge is -2.15. The molecule has 3 aromatic carbocycles. The van der Waals surface area contributed by atoms with E-state index in [0.717, 1.165) is 11.1 Å². The van der Waals surface area contributed by atoms with Crippen molar-refractivity contribution in [3.05, 3.63) is 83.2 Å². The summed E-state index contributed by atoms with van der Waals surface area (Å²) in [7, 11) is -3.94. The van der Waals surface area contributed by atoms with E-state index in [0.29, 0.717) is 12.3 Å². The van der Waals surface area contributed by atoms with Crippen LogP contribution in [0.2, 0.25) is 0 Å². The van der Waals surface area contributed by atoms with Crippen LogP contribution in [0.5, 0.6) is 5.75 Å². The first kappa shape index (κ1) is 22.3. The number of halogens is 1. The van der Waals surface area contributed by atoms with E-state index < -0.39 is 21.7 Å². The Kier molecular flexibility index (Phi) is 6.60. The molecule has 162 valence electrons. The van der Waals surface area contributed by atoms with Gasteiger partial charge in [0.05, 0.1) is 28.4 Å². The maximum atomic E-state index is 14.0. The van der Waals surface area contributed by atoms with Crippen LogP contribution in [-0.2, 0) is 10.0 Å². The summed E-state index contributed by atoms with van der Waals surface area (Å²) in [6.07, 6.45) is 0. The summed E-state index contributed by atoms with van der Waals surface area (Å²) in [6, 6.07) is 15.0. The molecule has 0 unspecified atom stereocenters. The molecule has 0 aliphatic rings. The maximum absolute atomic E-state index is 14.0. The second-order valence-corrected chi connectivity index (χ2v) is 8.63. The third-order valence-electron chi connectivity index (χ3n) is 4.55. The van der Waals surface area contributed by atoms with Crippen molar-refractivity contribution in [1.82, 2.24) is 0 Å². The summed E-state index contributed by atoms with van der Waals surface area (Å²) in [5.41, 5.74) is 2.21. The first-order valence-electron chi connectivity index (χ1n) is 9.64. The van der Waals surface area contributed by atoms with Gasteiger partial charge in [-0.25, -0.2) is 12.8 Å². The zero-order valence-electron chi connectivity index (χ0n) is 17.4. The molecule has 0 aromatic heterocycles. The van der Waals surface area contributed by atoms with Gasteiger partial charge in [0.15, 0.2) is 0 Å². The molecule has 6 nitrogen and oxygen atoms in total. The summed E-state index contributed by atoms with van der Waals surface area (Å²) in [6.45, 7) is 5.79. The standard InChI is InChI=1S/C23H23FN2O4S/c1-4-30-22-12-10-17(31(28,29)26-20-11-9-15(2)13-16(20)3)14-21(22)25-23(27)18-7-5-6-8-19(18)24/h5-14,26H,4H2,1-3H3,(H,25,27). The summed E-state index contributed by atoms with van der Waals surface area (Å²) < 4.78 is 47.9. The minimum Gasteiger partial charge on any atom is -0.492 e. The second-order valence-electron chi connectivity index (χ2n) is 6.95. The predicted octanol–water partition coefficient (Wildman–Crippen LogP) is 4.89. The van der Waals surface area contributed by atoms with Gasteiger partial charge in [0, 0.05) is 0 Å². The van der Waals surface area contributed by atoms with E-state index in [4.69, 9.17) is 4.74 Å². The van der Waals surface area contributed by atoms with E-state index in [9.17, 15) is 17.6 Å². The Bertz CT molecular complexity index is 1230. The highest BCUT2D eigenvalue weighted by atomic mass is 32.2. The molecule has 0 saturated carbocycles. The van der Waals surface area contributed by atoms with Crippen LogP contribution in [0.4, 0.5) is 15.8 Å². The number of benzene rings is 3. The first-order valence-corrected chi connectivity index (χ1v) is 11.1. The quantitative estimate of drug-likeness (QED) is 0.545. The number of hydrogen-bond donors (Lipinski definition) is 2. The molecule has 0 spiro atoms. The lowest BCUT2D eigenvalue weighted by atomic mass is 10.1. The van der Waals surface area contributed by atoms with Gasteiger partial charge in [0.2, 0.25) is 0 Å². The molecular formula is C23H23FN2O4S. The third-order valence-corrected chi connectivity index (χ3v) is 5.92. The molecule has 3 aromatic rings. The normalized spacial score (nSPS) is 11.1. The molecule has 0 heterocycles. The summed E-state index contributed by atoms with van der Waals surface area (Å²) >= 11 is 0. The maximum Gasteiger partial charge on any atom is 0.261 e. The van der Waals surface area contributed by atoms with Gasteiger partial charge in [0.25, 0.3) is 15.9 Å². The fraction of sp³-hybridized carbons (Fsp3) is 0.174. The van der Waals surface area contributed by atoms with Crippen LogP contribution in [0.25, 0.3) is 0 Å². The number of ether oxygens (including phenoxy) is 1. The van der Waals surface area contributed by atoms with E-state index in [-0.39, 0.29) is 21.9 Å². The number of sulfonamides is 1. The summed E-state index contributed by atoms with van der Waals surface area (Å²) in [5, 5.41) is 2.55. The van der Waals surface area contributed by atoms with Crippen molar-refractivity contribution in [3.63, 3.8) is 0 Å². The van der Waals surface area contributed by atoms with Gasteiger partial charge in [-0.05, 0) is 62.7 Å². The van der Waals surface area contributed by atoms with Crippen LogP contribution >= 0.6 is 0 Å². The molecule has 0 bridgehead atoms. The van der Waals surface area contributed by atoms with Crippen molar-refractivity contribution < 1.29 is 22.3 Å². The van der Waals surface area contributed by atoms with E-state index >= 15 is 0 Å². The SMILES string of the molecule is CCOc1ccc(S(=O)(=O)Nc2ccc(C)cc2C)cc1NC(=O)c1ccccc1F. The molecule has 8 heteroatoms. The van der Waals surface area contributed by atoms with E-state index in [2.05, 4.69) is 10.0 Å². The molecule has 3 rings (SSSR count). The molecule has 31 heavy (non-hydrogen) atoms. The monoisotopic (exact) mass is 442 g/mol. The molecule has 0 fully saturated rings. The van der Waals surface area contributed by atoms with E-state index in [1.807, 2.05) is 26.0 Å². The number of carbonyl (C=O) groups is 1. The van der Waals surface area contributed by atoms with Gasteiger partial charge in [-0.1, -0.05) is 29.8 Å². The lowest BCUT2D eigenvalue weighted by molar-refractivity contribution is 0.102. The van der Waals surface area contributed by atoms with E-state index in [1.54, 1.807) is 13.0 Å². The summed E-state index contributed by atoms with van der Waals surface area (Å²) in [4.78, 5) is 12.5. The largest absolute Gasteiger partial charge is 0.492 e. The smallest absolute Gasteiger partial charge is 0.261 e. The Morgan fingerprint density at radius 2 is 1.74 bits per heavy atom. The molecule has 0 aliphatic carbocycles. The van der Waals surface area contributed by atoms with Crippen molar-refractivity contribution in [1.29, 1.82) is 0 Å². The second kappa shape index (κ2) is 9.18. The number of nitrogens with one attached hydrogen (secondary N) is 2. The van der Waals surface area contributed by atoms with Crippen molar-refractivity contribution >= 4 is 27.3 Å². The lowest BCUT2D eigenvalue weighted by Crippen LogP contribution is -2.17. The zero-order chi connectivity index (χ0) is 22.6. The van der Waals surface area contributed by atoms with Crippen molar-refractivity contribution in [2.24, 2.45) is 0 Å². The number of hydrogen-bond acceptors (Lipinski definition) is 4. The van der Waals surface area contributed by atoms with Crippen LogP contribution in [0.15, 0.2) is 65.6 Å². The minimum absolute atomic E-state index is 0.0697. The summed E-state index contributed by atoms with van der Waals surface area (Å²) in [5.74, 6) is -1.12. The van der Waals surface area contributed by atoms with E-state index in [1.165, 1.54) is 42.5 Å². The predicted molar refractivity (Wildman–Crippen MR) is 119 cm³/mol. The minimum atomic E-state index is -3.94. The Labute approximate surface area is 181 Å². The highest BCUT2D eigenvalue weighted by Gasteiger charge is 2.20. The number of carbonyl (C=O) groups excluding carboxylic acids is 1. The average Bonchev–Trinajstić information content (AvgIpc) is 2.71. The van der Waals surface area contributed by atoms with Crippen LogP contribution in [0.3, 0.4) is 0 Å². The fourth-order valence-electron chi connectivity index (χ4n) is 3.02. The number of rotatable bonds is 7. The molecule has 0 atom stereocenters. The van der Waals surface area contributed by atoms with Crippen LogP contribution < -0.4 is 14.8 Å². The highest BCUT2D eigenvalue weighted by molar-refractivity contribution is 7.92. The fourth-order valence-corrected chi connectivity index (χ4v) is 4.18. The van der Waals surface area contributed by atoms with Gasteiger partial charge in [0.1, 0.15) is 11.6 Å². The molecule has 1 amide bonds. The van der Waals surface area contributed by atoms with Crippen LogP contribution in [0.1, 0.15) is 28.4 Å². The van der Waals surface area contributed by atoms with Crippen molar-refractivity contribution in [2.45, 2.75) is 25.7 Å². The van der Waals surface area contributed by atoms with Crippen molar-refractivity contribution in [2.75, 3.05) is 16.6 Å². The van der Waals surface area contributed by atoms with Crippen LogP contribution in [0, 0.1) is 19.7 Å². The Balaban J connectivity index is 1.95. The molecule has 0 aliphatic heterocycles. The van der Waals surface area contributed by atoms with Gasteiger partial charge >= 0.3 is 0 Å². The van der Waals surface area contributed by atoms with Gasteiger partial charge in [-0.3, -0.25) is 9.52 Å². The molecule has 0 radical (unpaired) electrons. The molecule has 0 saturated heterocycles. The van der Waals surface area contributed by atoms with Gasteiger partial charge in [-0.2, -0.15) is 0 Å². The van der Waals surface area contributed by atoms with Crippen LogP contribution in [-0.4, -0.2) is 20.9 Å². The molecule has 2 N–H and O–H groups in total. The zero-order valence-corrected chi connectivity index (χ0v) is 18.2. The Morgan fingerprint density at radius 3 is 2.42 bits per heavy atom. The van der Waals surface area contributed by atoms with Gasteiger partial charge < -0.3 is 10.1 Å². The molecular weight excluding hydrogens is 419 g/mol. The average molecular weight is 443 g/mol. The van der Waals surface area contributed by atoms with Gasteiger partial charge in [-0.15, -0.1) is 0 Å².